The Bertz CT molecular complexity index is 1020. The number of aromatic nitrogens is 2. The number of phenolic OH excluding ortho intramolecular Hbond substituents is 1. The standard InChI is InChI=1S/C24H32BrN5O/c1-5-29(6-2)15-17-11-18(16-30(7-3)8-4)24(31)22(12-17)28-20-9-10-26-21-13-19(25)14-27-23(20)21/h9-14,31H,5-8,15-16H2,1-4H3,(H,26,28). The lowest BCUT2D eigenvalue weighted by Crippen LogP contribution is -2.24. The first-order valence-corrected chi connectivity index (χ1v) is 11.7. The van der Waals surface area contributed by atoms with E-state index in [1.165, 1.54) is 5.56 Å². The van der Waals surface area contributed by atoms with Crippen LogP contribution in [0.15, 0.2) is 41.1 Å². The molecule has 2 N–H and O–H groups in total. The van der Waals surface area contributed by atoms with Gasteiger partial charge in [-0.2, -0.15) is 0 Å². The zero-order valence-electron chi connectivity index (χ0n) is 18.8. The van der Waals surface area contributed by atoms with Gasteiger partial charge in [-0.05, 0) is 71.9 Å². The lowest BCUT2D eigenvalue weighted by atomic mass is 10.1. The van der Waals surface area contributed by atoms with Gasteiger partial charge in [-0.1, -0.05) is 27.7 Å². The Kier molecular flexibility index (Phi) is 8.23. The van der Waals surface area contributed by atoms with Crippen molar-refractivity contribution < 1.29 is 5.11 Å². The number of nitrogens with zero attached hydrogens (tertiary/aromatic N) is 4. The molecule has 0 fully saturated rings. The zero-order valence-corrected chi connectivity index (χ0v) is 20.4. The molecule has 0 aliphatic carbocycles. The number of benzene rings is 1. The van der Waals surface area contributed by atoms with Crippen LogP contribution in [0.5, 0.6) is 5.75 Å². The van der Waals surface area contributed by atoms with Gasteiger partial charge in [0.1, 0.15) is 11.3 Å². The van der Waals surface area contributed by atoms with E-state index in [-0.39, 0.29) is 5.75 Å². The molecule has 2 heterocycles. The molecule has 3 aromatic rings. The van der Waals surface area contributed by atoms with E-state index in [0.29, 0.717) is 12.2 Å². The molecule has 6 nitrogen and oxygen atoms in total. The number of rotatable bonds is 10. The number of pyridine rings is 2. The van der Waals surface area contributed by atoms with E-state index in [2.05, 4.69) is 74.8 Å². The molecule has 7 heteroatoms. The van der Waals surface area contributed by atoms with Gasteiger partial charge in [0.2, 0.25) is 0 Å². The Balaban J connectivity index is 2.03. The quantitative estimate of drug-likeness (QED) is 0.368. The fourth-order valence-electron chi connectivity index (χ4n) is 3.71. The number of hydrogen-bond donors (Lipinski definition) is 2. The summed E-state index contributed by atoms with van der Waals surface area (Å²) >= 11 is 3.46. The Labute approximate surface area is 193 Å². The predicted octanol–water partition coefficient (Wildman–Crippen LogP) is 5.53. The monoisotopic (exact) mass is 485 g/mol. The predicted molar refractivity (Wildman–Crippen MR) is 132 cm³/mol. The van der Waals surface area contributed by atoms with E-state index in [0.717, 1.165) is 59.5 Å². The third kappa shape index (κ3) is 5.73. The molecule has 31 heavy (non-hydrogen) atoms. The van der Waals surface area contributed by atoms with E-state index < -0.39 is 0 Å². The fourth-order valence-corrected chi connectivity index (χ4v) is 4.03. The summed E-state index contributed by atoms with van der Waals surface area (Å²) in [6.07, 6.45) is 3.52. The molecule has 0 amide bonds. The molecule has 0 radical (unpaired) electrons. The Hall–Kier alpha value is -2.22. The van der Waals surface area contributed by atoms with E-state index in [1.54, 1.807) is 12.4 Å². The average Bonchev–Trinajstić information content (AvgIpc) is 2.78. The number of hydrogen-bond acceptors (Lipinski definition) is 6. The van der Waals surface area contributed by atoms with Gasteiger partial charge in [0.05, 0.1) is 16.9 Å². The molecule has 0 unspecified atom stereocenters. The van der Waals surface area contributed by atoms with Crippen LogP contribution in [0.2, 0.25) is 0 Å². The van der Waals surface area contributed by atoms with E-state index in [4.69, 9.17) is 0 Å². The Morgan fingerprint density at radius 3 is 2.26 bits per heavy atom. The van der Waals surface area contributed by atoms with Crippen LogP contribution < -0.4 is 5.32 Å². The van der Waals surface area contributed by atoms with Gasteiger partial charge in [0, 0.05) is 35.5 Å². The second-order valence-corrected chi connectivity index (χ2v) is 8.49. The summed E-state index contributed by atoms with van der Waals surface area (Å²) in [4.78, 5) is 13.6. The van der Waals surface area contributed by atoms with Crippen molar-refractivity contribution in [3.8, 4) is 5.75 Å². The van der Waals surface area contributed by atoms with Crippen LogP contribution in [0.25, 0.3) is 11.0 Å². The lowest BCUT2D eigenvalue weighted by molar-refractivity contribution is 0.287. The highest BCUT2D eigenvalue weighted by molar-refractivity contribution is 9.10. The minimum Gasteiger partial charge on any atom is -0.505 e. The Morgan fingerprint density at radius 1 is 0.903 bits per heavy atom. The minimum atomic E-state index is 0.289. The molecule has 0 spiro atoms. The number of anilines is 2. The average molecular weight is 486 g/mol. The maximum atomic E-state index is 11.1. The highest BCUT2D eigenvalue weighted by Crippen LogP contribution is 2.35. The summed E-state index contributed by atoms with van der Waals surface area (Å²) in [5.74, 6) is 0.289. The second-order valence-electron chi connectivity index (χ2n) is 7.58. The highest BCUT2D eigenvalue weighted by atomic mass is 79.9. The molecular weight excluding hydrogens is 454 g/mol. The largest absolute Gasteiger partial charge is 0.505 e. The van der Waals surface area contributed by atoms with E-state index in [1.807, 2.05) is 18.2 Å². The van der Waals surface area contributed by atoms with Crippen molar-refractivity contribution in [3.63, 3.8) is 0 Å². The third-order valence-electron chi connectivity index (χ3n) is 5.65. The molecule has 3 rings (SSSR count). The van der Waals surface area contributed by atoms with Gasteiger partial charge >= 0.3 is 0 Å². The first kappa shape index (κ1) is 23.4. The first-order valence-electron chi connectivity index (χ1n) is 11.0. The highest BCUT2D eigenvalue weighted by Gasteiger charge is 2.15. The summed E-state index contributed by atoms with van der Waals surface area (Å²) in [5, 5.41) is 14.6. The number of halogens is 1. The van der Waals surface area contributed by atoms with Crippen LogP contribution >= 0.6 is 15.9 Å². The number of nitrogens with one attached hydrogen (secondary N) is 1. The van der Waals surface area contributed by atoms with Crippen molar-refractivity contribution in [2.75, 3.05) is 31.5 Å². The van der Waals surface area contributed by atoms with Crippen molar-refractivity contribution in [2.45, 2.75) is 40.8 Å². The molecule has 0 aliphatic heterocycles. The van der Waals surface area contributed by atoms with Gasteiger partial charge in [0.15, 0.2) is 0 Å². The van der Waals surface area contributed by atoms with Gasteiger partial charge in [-0.25, -0.2) is 0 Å². The van der Waals surface area contributed by atoms with Gasteiger partial charge in [-0.15, -0.1) is 0 Å². The van der Waals surface area contributed by atoms with Gasteiger partial charge in [0.25, 0.3) is 0 Å². The molecule has 0 saturated carbocycles. The van der Waals surface area contributed by atoms with E-state index >= 15 is 0 Å². The van der Waals surface area contributed by atoms with Gasteiger partial charge in [-0.3, -0.25) is 19.8 Å². The molecule has 1 aromatic carbocycles. The third-order valence-corrected chi connectivity index (χ3v) is 6.08. The molecule has 166 valence electrons. The van der Waals surface area contributed by atoms with Crippen molar-refractivity contribution in [3.05, 3.63) is 52.3 Å². The van der Waals surface area contributed by atoms with Crippen molar-refractivity contribution in [2.24, 2.45) is 0 Å². The van der Waals surface area contributed by atoms with Crippen molar-refractivity contribution in [1.29, 1.82) is 0 Å². The number of phenols is 1. The number of fused-ring (bicyclic) bond motifs is 1. The summed E-state index contributed by atoms with van der Waals surface area (Å²) < 4.78 is 0.884. The zero-order chi connectivity index (χ0) is 22.4. The molecule has 2 aromatic heterocycles. The van der Waals surface area contributed by atoms with Crippen LogP contribution in [-0.2, 0) is 13.1 Å². The molecule has 0 bridgehead atoms. The van der Waals surface area contributed by atoms with Crippen molar-refractivity contribution in [1.82, 2.24) is 19.8 Å². The maximum Gasteiger partial charge on any atom is 0.143 e. The van der Waals surface area contributed by atoms with E-state index in [9.17, 15) is 5.11 Å². The number of aromatic hydroxyl groups is 1. The topological polar surface area (TPSA) is 64.5 Å². The Morgan fingerprint density at radius 2 is 1.58 bits per heavy atom. The molecule has 0 saturated heterocycles. The van der Waals surface area contributed by atoms with Crippen LogP contribution in [0.3, 0.4) is 0 Å². The summed E-state index contributed by atoms with van der Waals surface area (Å²) in [6.45, 7) is 14.0. The fraction of sp³-hybridized carbons (Fsp3) is 0.417. The summed E-state index contributed by atoms with van der Waals surface area (Å²) in [6, 6.07) is 8.02. The van der Waals surface area contributed by atoms with Crippen LogP contribution in [0.1, 0.15) is 38.8 Å². The minimum absolute atomic E-state index is 0.289. The van der Waals surface area contributed by atoms with Crippen LogP contribution in [-0.4, -0.2) is 51.1 Å². The maximum absolute atomic E-state index is 11.1. The van der Waals surface area contributed by atoms with Crippen LogP contribution in [0.4, 0.5) is 11.4 Å². The second kappa shape index (κ2) is 10.9. The SMILES string of the molecule is CCN(CC)Cc1cc(CN(CC)CC)c(O)c(Nc2ccnc3cc(Br)cnc23)c1. The van der Waals surface area contributed by atoms with Crippen LogP contribution in [0, 0.1) is 0 Å². The molecule has 0 aliphatic rings. The summed E-state index contributed by atoms with van der Waals surface area (Å²) in [7, 11) is 0. The van der Waals surface area contributed by atoms with Gasteiger partial charge < -0.3 is 10.4 Å². The molecular formula is C24H32BrN5O. The first-order chi connectivity index (χ1) is 15.0. The van der Waals surface area contributed by atoms with Crippen molar-refractivity contribution >= 4 is 38.3 Å². The smallest absolute Gasteiger partial charge is 0.143 e. The lowest BCUT2D eigenvalue weighted by Gasteiger charge is -2.23. The summed E-state index contributed by atoms with van der Waals surface area (Å²) in [5.41, 5.74) is 5.20. The normalized spacial score (nSPS) is 11.6. The molecule has 0 atom stereocenters.